The van der Waals surface area contributed by atoms with Gasteiger partial charge in [0.25, 0.3) is 5.56 Å². The van der Waals surface area contributed by atoms with Gasteiger partial charge in [-0.2, -0.15) is 0 Å². The number of benzene rings is 1. The molecule has 0 saturated carbocycles. The van der Waals surface area contributed by atoms with Crippen LogP contribution in [0.25, 0.3) is 10.8 Å². The van der Waals surface area contributed by atoms with E-state index in [2.05, 4.69) is 12.2 Å². The zero-order chi connectivity index (χ0) is 27.3. The first-order chi connectivity index (χ1) is 16.6. The van der Waals surface area contributed by atoms with Crippen molar-refractivity contribution in [3.05, 3.63) is 39.8 Å². The number of unbranched alkanes of at least 4 members (excludes halogenated alkanes) is 1. The van der Waals surface area contributed by atoms with E-state index in [1.54, 1.807) is 44.4 Å². The van der Waals surface area contributed by atoms with Crippen LogP contribution in [0, 0.1) is 11.3 Å². The number of nitrogens with zero attached hydrogens (tertiary/aromatic N) is 1. The molecule has 1 heterocycles. The second-order valence-corrected chi connectivity index (χ2v) is 11.6. The lowest BCUT2D eigenvalue weighted by Crippen LogP contribution is -2.36. The number of pyridine rings is 1. The number of alkyl carbamates (subject to hydrolysis) is 1. The van der Waals surface area contributed by atoms with Crippen LogP contribution >= 0.6 is 0 Å². The zero-order valence-electron chi connectivity index (χ0n) is 23.0. The summed E-state index contributed by atoms with van der Waals surface area (Å²) in [6.07, 6.45) is 1.51. The van der Waals surface area contributed by atoms with Crippen molar-refractivity contribution < 1.29 is 24.2 Å². The number of aromatic nitrogens is 1. The highest BCUT2D eigenvalue weighted by Crippen LogP contribution is 2.31. The van der Waals surface area contributed by atoms with Crippen LogP contribution in [-0.4, -0.2) is 33.9 Å². The molecule has 1 aromatic carbocycles. The number of ether oxygens (including phenoxy) is 2. The standard InChI is InChI=1S/C28H42N2O6/c1-9-10-13-35-23-21-15-19(14-18(2)25(32)33)11-12-20(21)24(31)30(17-27(3,4)5)22(23)16-29-26(34)36-28(6,7)8/h11-12,15,18H,9-10,13-14,16-17H2,1-8H3,(H,29,34)(H,32,33). The van der Waals surface area contributed by atoms with Gasteiger partial charge in [0.15, 0.2) is 0 Å². The minimum absolute atomic E-state index is 0.0490. The summed E-state index contributed by atoms with van der Waals surface area (Å²) >= 11 is 0. The topological polar surface area (TPSA) is 107 Å². The van der Waals surface area contributed by atoms with E-state index in [1.807, 2.05) is 26.8 Å². The molecule has 1 unspecified atom stereocenters. The summed E-state index contributed by atoms with van der Waals surface area (Å²) in [7, 11) is 0. The lowest BCUT2D eigenvalue weighted by atomic mass is 9.95. The van der Waals surface area contributed by atoms with Gasteiger partial charge < -0.3 is 24.5 Å². The van der Waals surface area contributed by atoms with Gasteiger partial charge in [-0.3, -0.25) is 9.59 Å². The number of amides is 1. The number of carboxylic acid groups (broad SMARTS) is 1. The summed E-state index contributed by atoms with van der Waals surface area (Å²) in [5.74, 6) is -0.915. The van der Waals surface area contributed by atoms with Crippen molar-refractivity contribution in [2.75, 3.05) is 6.61 Å². The van der Waals surface area contributed by atoms with Crippen LogP contribution in [0.1, 0.15) is 79.5 Å². The molecule has 0 aliphatic heterocycles. The smallest absolute Gasteiger partial charge is 0.407 e. The van der Waals surface area contributed by atoms with Crippen molar-refractivity contribution in [2.24, 2.45) is 11.3 Å². The Kier molecular flexibility index (Phi) is 9.57. The maximum atomic E-state index is 13.7. The van der Waals surface area contributed by atoms with Crippen LogP contribution in [0.4, 0.5) is 4.79 Å². The molecule has 2 aromatic rings. The molecule has 1 amide bonds. The Bertz CT molecular complexity index is 1140. The largest absolute Gasteiger partial charge is 0.491 e. The van der Waals surface area contributed by atoms with E-state index in [4.69, 9.17) is 9.47 Å². The second kappa shape index (κ2) is 11.8. The lowest BCUT2D eigenvalue weighted by molar-refractivity contribution is -0.141. The van der Waals surface area contributed by atoms with Crippen molar-refractivity contribution in [2.45, 2.75) is 93.3 Å². The monoisotopic (exact) mass is 502 g/mol. The molecule has 8 nitrogen and oxygen atoms in total. The van der Waals surface area contributed by atoms with E-state index in [9.17, 15) is 19.5 Å². The van der Waals surface area contributed by atoms with Crippen LogP contribution < -0.4 is 15.6 Å². The normalized spacial score (nSPS) is 12.9. The maximum absolute atomic E-state index is 13.7. The summed E-state index contributed by atoms with van der Waals surface area (Å²) < 4.78 is 13.4. The molecule has 8 heteroatoms. The number of nitrogens with one attached hydrogen (secondary N) is 1. The van der Waals surface area contributed by atoms with Crippen molar-refractivity contribution in [1.82, 2.24) is 9.88 Å². The number of carbonyl (C=O) groups is 2. The number of carbonyl (C=O) groups excluding carboxylic acids is 1. The summed E-state index contributed by atoms with van der Waals surface area (Å²) in [6.45, 7) is 16.2. The van der Waals surface area contributed by atoms with Crippen LogP contribution in [-0.2, 0) is 29.0 Å². The first-order valence-corrected chi connectivity index (χ1v) is 12.6. The molecule has 0 bridgehead atoms. The van der Waals surface area contributed by atoms with E-state index in [0.717, 1.165) is 18.4 Å². The Balaban J connectivity index is 2.71. The number of hydrogen-bond donors (Lipinski definition) is 2. The molecule has 36 heavy (non-hydrogen) atoms. The quantitative estimate of drug-likeness (QED) is 0.415. The Labute approximate surface area is 214 Å². The average molecular weight is 503 g/mol. The average Bonchev–Trinajstić information content (AvgIpc) is 2.73. The first kappa shape index (κ1) is 29.2. The lowest BCUT2D eigenvalue weighted by Gasteiger charge is -2.26. The van der Waals surface area contributed by atoms with Gasteiger partial charge in [-0.1, -0.05) is 47.1 Å². The Morgan fingerprint density at radius 2 is 1.78 bits per heavy atom. The third-order valence-electron chi connectivity index (χ3n) is 5.53. The summed E-state index contributed by atoms with van der Waals surface area (Å²) in [6, 6.07) is 5.40. The number of rotatable bonds is 10. The van der Waals surface area contributed by atoms with Gasteiger partial charge in [0.05, 0.1) is 30.1 Å². The number of carboxylic acids is 1. The highest BCUT2D eigenvalue weighted by molar-refractivity contribution is 5.89. The SMILES string of the molecule is CCCCOc1c(CNC(=O)OC(C)(C)C)n(CC(C)(C)C)c(=O)c2ccc(CC(C)C(=O)O)cc12. The molecule has 0 radical (unpaired) electrons. The predicted octanol–water partition coefficient (Wildman–Crippen LogP) is 5.51. The molecule has 2 rings (SSSR count). The number of fused-ring (bicyclic) bond motifs is 1. The molecule has 0 saturated heterocycles. The van der Waals surface area contributed by atoms with Gasteiger partial charge in [0, 0.05) is 11.9 Å². The predicted molar refractivity (Wildman–Crippen MR) is 142 cm³/mol. The summed E-state index contributed by atoms with van der Waals surface area (Å²) in [5.41, 5.74) is 0.316. The summed E-state index contributed by atoms with van der Waals surface area (Å²) in [4.78, 5) is 37.6. The Hall–Kier alpha value is -3.03. The van der Waals surface area contributed by atoms with Gasteiger partial charge in [-0.05, 0) is 56.7 Å². The van der Waals surface area contributed by atoms with Crippen LogP contribution in [0.2, 0.25) is 0 Å². The maximum Gasteiger partial charge on any atom is 0.407 e. The van der Waals surface area contributed by atoms with Gasteiger partial charge in [-0.15, -0.1) is 0 Å². The van der Waals surface area contributed by atoms with Gasteiger partial charge in [0.2, 0.25) is 0 Å². The van der Waals surface area contributed by atoms with Gasteiger partial charge >= 0.3 is 12.1 Å². The highest BCUT2D eigenvalue weighted by Gasteiger charge is 2.24. The molecular formula is C28H42N2O6. The minimum atomic E-state index is -0.877. The van der Waals surface area contributed by atoms with Gasteiger partial charge in [-0.25, -0.2) is 4.79 Å². The molecule has 0 spiro atoms. The third-order valence-corrected chi connectivity index (χ3v) is 5.53. The summed E-state index contributed by atoms with van der Waals surface area (Å²) in [5, 5.41) is 13.3. The molecule has 200 valence electrons. The van der Waals surface area contributed by atoms with Crippen molar-refractivity contribution in [1.29, 1.82) is 0 Å². The van der Waals surface area contributed by atoms with Gasteiger partial charge in [0.1, 0.15) is 11.4 Å². The molecule has 1 aromatic heterocycles. The van der Waals surface area contributed by atoms with E-state index in [-0.39, 0.29) is 17.5 Å². The molecular weight excluding hydrogens is 460 g/mol. The van der Waals surface area contributed by atoms with Crippen LogP contribution in [0.15, 0.2) is 23.0 Å². The van der Waals surface area contributed by atoms with E-state index >= 15 is 0 Å². The number of hydrogen-bond acceptors (Lipinski definition) is 5. The minimum Gasteiger partial charge on any atom is -0.491 e. The van der Waals surface area contributed by atoms with Crippen molar-refractivity contribution in [3.63, 3.8) is 0 Å². The van der Waals surface area contributed by atoms with Crippen molar-refractivity contribution in [3.8, 4) is 5.75 Å². The fourth-order valence-corrected chi connectivity index (χ4v) is 3.85. The third kappa shape index (κ3) is 8.28. The highest BCUT2D eigenvalue weighted by atomic mass is 16.6. The Morgan fingerprint density at radius 3 is 2.33 bits per heavy atom. The second-order valence-electron chi connectivity index (χ2n) is 11.6. The van der Waals surface area contributed by atoms with Crippen LogP contribution in [0.3, 0.4) is 0 Å². The first-order valence-electron chi connectivity index (χ1n) is 12.6. The number of aliphatic carboxylic acids is 1. The molecule has 0 aliphatic carbocycles. The van der Waals surface area contributed by atoms with E-state index < -0.39 is 23.6 Å². The van der Waals surface area contributed by atoms with Crippen molar-refractivity contribution >= 4 is 22.8 Å². The van der Waals surface area contributed by atoms with E-state index in [0.29, 0.717) is 41.8 Å². The molecule has 2 N–H and O–H groups in total. The molecule has 0 fully saturated rings. The zero-order valence-corrected chi connectivity index (χ0v) is 23.0. The molecule has 0 aliphatic rings. The Morgan fingerprint density at radius 1 is 1.11 bits per heavy atom. The van der Waals surface area contributed by atoms with E-state index in [1.165, 1.54) is 0 Å². The molecule has 1 atom stereocenters. The fourth-order valence-electron chi connectivity index (χ4n) is 3.85. The fraction of sp³-hybridized carbons (Fsp3) is 0.607. The van der Waals surface area contributed by atoms with Crippen LogP contribution in [0.5, 0.6) is 5.75 Å².